The Morgan fingerprint density at radius 1 is 1.23 bits per heavy atom. The highest BCUT2D eigenvalue weighted by molar-refractivity contribution is 7.58. The molecule has 1 fully saturated rings. The minimum Gasteiger partial charge on any atom is -1.00 e. The maximum absolute atomic E-state index is 12.4. The fourth-order valence-corrected chi connectivity index (χ4v) is 5.87. The molecule has 0 spiro atoms. The number of nitrogens with one attached hydrogen (secondary N) is 1. The van der Waals surface area contributed by atoms with Gasteiger partial charge in [0.05, 0.1) is 22.3 Å². The number of rotatable bonds is 8. The van der Waals surface area contributed by atoms with E-state index >= 15 is 0 Å². The predicted molar refractivity (Wildman–Crippen MR) is 105 cm³/mol. The van der Waals surface area contributed by atoms with Gasteiger partial charge >= 0.3 is 0 Å². The highest BCUT2D eigenvalue weighted by atomic mass is 35.5. The average molecular weight is 444 g/mol. The van der Waals surface area contributed by atoms with Gasteiger partial charge in [-0.2, -0.15) is 0 Å². The average Bonchev–Trinajstić information content (AvgIpc) is 2.55. The molecule has 1 aliphatic carbocycles. The summed E-state index contributed by atoms with van der Waals surface area (Å²) in [5.41, 5.74) is 0.955. The van der Waals surface area contributed by atoms with Gasteiger partial charge in [0.25, 0.3) is 0 Å². The van der Waals surface area contributed by atoms with Crippen molar-refractivity contribution in [2.75, 3.05) is 18.9 Å². The molecule has 0 bridgehead atoms. The lowest BCUT2D eigenvalue weighted by Gasteiger charge is -2.25. The van der Waals surface area contributed by atoms with Gasteiger partial charge in [-0.3, -0.25) is 4.57 Å². The van der Waals surface area contributed by atoms with Gasteiger partial charge in [0, 0.05) is 18.7 Å². The quantitative estimate of drug-likeness (QED) is 0.537. The summed E-state index contributed by atoms with van der Waals surface area (Å²) in [6.45, 7) is 2.21. The second-order valence-corrected chi connectivity index (χ2v) is 10.4. The summed E-state index contributed by atoms with van der Waals surface area (Å²) < 4.78 is 12.4. The molecule has 26 heavy (non-hydrogen) atoms. The second kappa shape index (κ2) is 11.3. The summed E-state index contributed by atoms with van der Waals surface area (Å²) in [5.74, 6) is 0.333. The maximum Gasteiger partial charge on any atom is 0.203 e. The van der Waals surface area contributed by atoms with Gasteiger partial charge in [0.1, 0.15) is 0 Å². The Morgan fingerprint density at radius 3 is 2.50 bits per heavy atom. The van der Waals surface area contributed by atoms with Crippen LogP contribution >= 0.6 is 30.6 Å². The largest absolute Gasteiger partial charge is 1.00 e. The number of halogens is 3. The summed E-state index contributed by atoms with van der Waals surface area (Å²) in [6, 6.07) is 5.35. The number of hydrogen-bond acceptors (Lipinski definition) is 3. The Bertz CT molecular complexity index is 611. The Labute approximate surface area is 172 Å². The molecule has 1 aliphatic rings. The molecule has 1 aromatic rings. The van der Waals surface area contributed by atoms with E-state index < -0.39 is 13.5 Å². The van der Waals surface area contributed by atoms with Crippen LogP contribution in [0.5, 0.6) is 0 Å². The third kappa shape index (κ3) is 8.06. The SMILES string of the molecule is C[C@H](NC[C@H](O)CP(=O)(O)CC1CCCCC1)c1ccc(Cl)c(Cl)c1.[Cl-]. The van der Waals surface area contributed by atoms with E-state index in [4.69, 9.17) is 23.2 Å². The second-order valence-electron chi connectivity index (χ2n) is 7.17. The Morgan fingerprint density at radius 2 is 1.88 bits per heavy atom. The molecule has 0 amide bonds. The van der Waals surface area contributed by atoms with Gasteiger partial charge in [-0.15, -0.1) is 0 Å². The van der Waals surface area contributed by atoms with Crippen molar-refractivity contribution in [2.45, 2.75) is 51.2 Å². The highest BCUT2D eigenvalue weighted by Gasteiger charge is 2.28. The minimum atomic E-state index is -3.29. The topological polar surface area (TPSA) is 69.6 Å². The normalized spacial score (nSPS) is 20.0. The first-order valence-corrected chi connectivity index (χ1v) is 11.7. The van der Waals surface area contributed by atoms with Crippen molar-refractivity contribution >= 4 is 30.6 Å². The van der Waals surface area contributed by atoms with Crippen LogP contribution in [0, 0.1) is 5.92 Å². The molecule has 3 atom stereocenters. The van der Waals surface area contributed by atoms with Gasteiger partial charge in [0.15, 0.2) is 0 Å². The third-order valence-electron chi connectivity index (χ3n) is 4.87. The number of aliphatic hydroxyl groups is 1. The van der Waals surface area contributed by atoms with Crippen molar-refractivity contribution in [1.29, 1.82) is 0 Å². The smallest absolute Gasteiger partial charge is 0.203 e. The van der Waals surface area contributed by atoms with Crippen LogP contribution in [0.4, 0.5) is 0 Å². The summed E-state index contributed by atoms with van der Waals surface area (Å²) >= 11 is 11.9. The zero-order chi connectivity index (χ0) is 18.4. The number of hydrogen-bond donors (Lipinski definition) is 3. The minimum absolute atomic E-state index is 0. The van der Waals surface area contributed by atoms with Crippen LogP contribution in [0.15, 0.2) is 18.2 Å². The monoisotopic (exact) mass is 442 g/mol. The molecule has 2 rings (SSSR count). The van der Waals surface area contributed by atoms with E-state index in [0.717, 1.165) is 31.2 Å². The first-order chi connectivity index (χ1) is 11.8. The molecule has 4 nitrogen and oxygen atoms in total. The van der Waals surface area contributed by atoms with Crippen molar-refractivity contribution in [3.63, 3.8) is 0 Å². The molecule has 8 heteroatoms. The lowest BCUT2D eigenvalue weighted by Crippen LogP contribution is -3.00. The maximum atomic E-state index is 12.4. The van der Waals surface area contributed by atoms with E-state index in [9.17, 15) is 14.6 Å². The molecule has 1 aromatic carbocycles. The van der Waals surface area contributed by atoms with Crippen LogP contribution in [0.3, 0.4) is 0 Å². The summed E-state index contributed by atoms with van der Waals surface area (Å²) in [6.07, 6.45) is 5.04. The summed E-state index contributed by atoms with van der Waals surface area (Å²) in [7, 11) is -3.29. The first kappa shape index (κ1) is 24.2. The van der Waals surface area contributed by atoms with Gasteiger partial charge in [-0.05, 0) is 43.4 Å². The van der Waals surface area contributed by atoms with Crippen LogP contribution in [0.2, 0.25) is 10.0 Å². The van der Waals surface area contributed by atoms with Crippen LogP contribution in [-0.4, -0.2) is 35.0 Å². The zero-order valence-electron chi connectivity index (χ0n) is 15.0. The third-order valence-corrected chi connectivity index (χ3v) is 7.69. The number of benzene rings is 1. The summed E-state index contributed by atoms with van der Waals surface area (Å²) in [4.78, 5) is 10.2. The lowest BCUT2D eigenvalue weighted by atomic mass is 9.91. The predicted octanol–water partition coefficient (Wildman–Crippen LogP) is 1.86. The van der Waals surface area contributed by atoms with Crippen LogP contribution in [0.1, 0.15) is 50.6 Å². The van der Waals surface area contributed by atoms with Gasteiger partial charge in [-0.1, -0.05) is 48.5 Å². The molecule has 1 unspecified atom stereocenters. The molecule has 3 N–H and O–H groups in total. The molecular formula is C18H28Cl3NO3P-. The molecule has 0 aliphatic heterocycles. The Hall–Kier alpha value is 0.200. The van der Waals surface area contributed by atoms with Crippen molar-refractivity contribution in [1.82, 2.24) is 5.32 Å². The van der Waals surface area contributed by atoms with E-state index in [1.807, 2.05) is 13.0 Å². The van der Waals surface area contributed by atoms with E-state index in [1.165, 1.54) is 6.42 Å². The molecule has 0 saturated heterocycles. The molecule has 0 radical (unpaired) electrons. The van der Waals surface area contributed by atoms with Crippen molar-refractivity contribution < 1.29 is 27.0 Å². The Balaban J connectivity index is 0.00000338. The Kier molecular flexibility index (Phi) is 10.5. The summed E-state index contributed by atoms with van der Waals surface area (Å²) in [5, 5.41) is 14.3. The van der Waals surface area contributed by atoms with E-state index in [0.29, 0.717) is 22.1 Å². The van der Waals surface area contributed by atoms with E-state index in [2.05, 4.69) is 5.32 Å². The highest BCUT2D eigenvalue weighted by Crippen LogP contribution is 2.45. The van der Waals surface area contributed by atoms with Gasteiger partial charge < -0.3 is 27.7 Å². The van der Waals surface area contributed by atoms with Crippen molar-refractivity contribution in [3.05, 3.63) is 33.8 Å². The van der Waals surface area contributed by atoms with Crippen LogP contribution < -0.4 is 17.7 Å². The van der Waals surface area contributed by atoms with Gasteiger partial charge in [-0.25, -0.2) is 0 Å². The van der Waals surface area contributed by atoms with Crippen LogP contribution in [0.25, 0.3) is 0 Å². The fourth-order valence-electron chi connectivity index (χ4n) is 3.45. The molecule has 150 valence electrons. The lowest BCUT2D eigenvalue weighted by molar-refractivity contribution is -0.0000106. The molecular weight excluding hydrogens is 416 g/mol. The van der Waals surface area contributed by atoms with Crippen molar-refractivity contribution in [3.8, 4) is 0 Å². The van der Waals surface area contributed by atoms with E-state index in [1.54, 1.807) is 12.1 Å². The van der Waals surface area contributed by atoms with E-state index in [-0.39, 0.29) is 31.2 Å². The molecule has 0 heterocycles. The van der Waals surface area contributed by atoms with Crippen LogP contribution in [-0.2, 0) is 4.57 Å². The van der Waals surface area contributed by atoms with Crippen molar-refractivity contribution in [2.24, 2.45) is 5.92 Å². The standard InChI is InChI=1S/C18H28Cl2NO3P.ClH/c1-13(15-7-8-17(19)18(20)9-15)21-10-16(22)12-25(23,24)11-14-5-3-2-4-6-14;/h7-9,13-14,16,21-22H,2-6,10-12H2,1H3,(H,23,24);1H/p-1/t13-,16-;/m0./s1. The molecule has 1 saturated carbocycles. The molecule has 0 aromatic heterocycles. The van der Waals surface area contributed by atoms with Gasteiger partial charge in [0.2, 0.25) is 7.37 Å². The first-order valence-electron chi connectivity index (χ1n) is 8.94. The zero-order valence-corrected chi connectivity index (χ0v) is 18.2. The fraction of sp³-hybridized carbons (Fsp3) is 0.667. The number of aliphatic hydroxyl groups excluding tert-OH is 1.